The third-order valence-electron chi connectivity index (χ3n) is 2.68. The van der Waals surface area contributed by atoms with Crippen LogP contribution < -0.4 is 10.3 Å². The van der Waals surface area contributed by atoms with Crippen LogP contribution in [0.3, 0.4) is 0 Å². The van der Waals surface area contributed by atoms with Gasteiger partial charge in [-0.25, -0.2) is 8.42 Å². The van der Waals surface area contributed by atoms with Crippen LogP contribution in [0.1, 0.15) is 21.7 Å². The van der Waals surface area contributed by atoms with Gasteiger partial charge in [0.25, 0.3) is 15.9 Å². The zero-order valence-corrected chi connectivity index (χ0v) is 11.8. The Hall–Kier alpha value is -2.63. The molecule has 1 amide bonds. The molecule has 0 aliphatic heterocycles. The minimum absolute atomic E-state index is 0.120. The first kappa shape index (κ1) is 14.8. The molecule has 0 saturated carbocycles. The highest BCUT2D eigenvalue weighted by molar-refractivity contribution is 7.89. The third-order valence-corrected chi connectivity index (χ3v) is 3.92. The van der Waals surface area contributed by atoms with Crippen molar-refractivity contribution in [1.29, 1.82) is 5.26 Å². The molecule has 0 bridgehead atoms. The fourth-order valence-corrected chi connectivity index (χ4v) is 2.48. The zero-order valence-electron chi connectivity index (χ0n) is 11.0. The largest absolute Gasteiger partial charge is 0.469 e. The Labute approximate surface area is 121 Å². The van der Waals surface area contributed by atoms with Crippen molar-refractivity contribution in [3.63, 3.8) is 0 Å². The van der Waals surface area contributed by atoms with E-state index in [4.69, 9.17) is 9.68 Å². The van der Waals surface area contributed by atoms with Gasteiger partial charge < -0.3 is 4.42 Å². The van der Waals surface area contributed by atoms with Crippen LogP contribution in [0.25, 0.3) is 0 Å². The summed E-state index contributed by atoms with van der Waals surface area (Å²) in [5, 5.41) is 8.76. The van der Waals surface area contributed by atoms with E-state index in [1.807, 2.05) is 10.9 Å². The van der Waals surface area contributed by atoms with Crippen molar-refractivity contribution in [3.8, 4) is 6.07 Å². The van der Waals surface area contributed by atoms with Gasteiger partial charge in [0.2, 0.25) is 0 Å². The van der Waals surface area contributed by atoms with Crippen LogP contribution in [0.4, 0.5) is 0 Å². The van der Waals surface area contributed by atoms with Crippen LogP contribution in [0.2, 0.25) is 0 Å². The number of nitrogens with one attached hydrogen (secondary N) is 2. The van der Waals surface area contributed by atoms with Gasteiger partial charge in [0, 0.05) is 0 Å². The average Bonchev–Trinajstić information content (AvgIpc) is 2.91. The van der Waals surface area contributed by atoms with E-state index in [1.165, 1.54) is 36.6 Å². The Kier molecular flexibility index (Phi) is 4.07. The number of amides is 1. The average molecular weight is 305 g/mol. The normalized spacial score (nSPS) is 10.9. The predicted molar refractivity (Wildman–Crippen MR) is 72.4 cm³/mol. The van der Waals surface area contributed by atoms with E-state index in [0.717, 1.165) is 0 Å². The van der Waals surface area contributed by atoms with Crippen molar-refractivity contribution in [2.24, 2.45) is 0 Å². The number of carbonyl (C=O) groups excluding carboxylic acids is 1. The van der Waals surface area contributed by atoms with Gasteiger partial charge in [-0.3, -0.25) is 10.2 Å². The van der Waals surface area contributed by atoms with Crippen molar-refractivity contribution in [2.75, 3.05) is 0 Å². The number of nitriles is 1. The molecule has 2 aromatic rings. The van der Waals surface area contributed by atoms with Crippen molar-refractivity contribution >= 4 is 15.9 Å². The van der Waals surface area contributed by atoms with Crippen LogP contribution in [0.15, 0.2) is 45.9 Å². The molecule has 0 aliphatic rings. The molecule has 0 aliphatic carbocycles. The molecule has 108 valence electrons. The molecule has 2 rings (SSSR count). The van der Waals surface area contributed by atoms with Gasteiger partial charge >= 0.3 is 0 Å². The highest BCUT2D eigenvalue weighted by Crippen LogP contribution is 2.11. The summed E-state index contributed by atoms with van der Waals surface area (Å²) >= 11 is 0. The number of benzene rings is 1. The van der Waals surface area contributed by atoms with E-state index in [1.54, 1.807) is 6.92 Å². The lowest BCUT2D eigenvalue weighted by Crippen LogP contribution is -2.41. The van der Waals surface area contributed by atoms with Crippen molar-refractivity contribution in [1.82, 2.24) is 10.3 Å². The number of hydrogen-bond acceptors (Lipinski definition) is 5. The molecule has 0 unspecified atom stereocenters. The summed E-state index contributed by atoms with van der Waals surface area (Å²) in [7, 11) is -3.96. The second kappa shape index (κ2) is 5.78. The summed E-state index contributed by atoms with van der Waals surface area (Å²) in [5.74, 6) is -0.264. The highest BCUT2D eigenvalue weighted by atomic mass is 32.2. The van der Waals surface area contributed by atoms with Crippen LogP contribution in [-0.2, 0) is 10.0 Å². The quantitative estimate of drug-likeness (QED) is 0.821. The molecule has 0 fully saturated rings. The fraction of sp³-hybridized carbons (Fsp3) is 0.0769. The van der Waals surface area contributed by atoms with E-state index >= 15 is 0 Å². The van der Waals surface area contributed by atoms with Crippen LogP contribution in [0, 0.1) is 18.3 Å². The van der Waals surface area contributed by atoms with Crippen LogP contribution >= 0.6 is 0 Å². The van der Waals surface area contributed by atoms with Gasteiger partial charge in [-0.1, -0.05) is 6.07 Å². The highest BCUT2D eigenvalue weighted by Gasteiger charge is 2.17. The molecule has 0 radical (unpaired) electrons. The van der Waals surface area contributed by atoms with Crippen molar-refractivity contribution < 1.29 is 17.6 Å². The Morgan fingerprint density at radius 2 is 2.10 bits per heavy atom. The summed E-state index contributed by atoms with van der Waals surface area (Å²) in [5.41, 5.74) is 2.51. The maximum Gasteiger partial charge on any atom is 0.269 e. The van der Waals surface area contributed by atoms with Gasteiger partial charge in [0.15, 0.2) is 0 Å². The summed E-state index contributed by atoms with van der Waals surface area (Å²) in [4.78, 5) is 13.6. The Morgan fingerprint density at radius 3 is 2.71 bits per heavy atom. The molecule has 7 nitrogen and oxygen atoms in total. The number of hydrogen-bond donors (Lipinski definition) is 2. The number of rotatable bonds is 4. The smallest absolute Gasteiger partial charge is 0.269 e. The summed E-state index contributed by atoms with van der Waals surface area (Å²) in [6.45, 7) is 1.58. The Balaban J connectivity index is 2.13. The molecule has 8 heteroatoms. The van der Waals surface area contributed by atoms with E-state index in [0.29, 0.717) is 5.76 Å². The number of carbonyl (C=O) groups is 1. The van der Waals surface area contributed by atoms with Gasteiger partial charge in [-0.05, 0) is 31.2 Å². The van der Waals surface area contributed by atoms with E-state index in [2.05, 4.69) is 5.43 Å². The van der Waals surface area contributed by atoms with Crippen LogP contribution in [-0.4, -0.2) is 14.3 Å². The fourth-order valence-electron chi connectivity index (χ4n) is 1.59. The minimum Gasteiger partial charge on any atom is -0.469 e. The molecule has 0 atom stereocenters. The van der Waals surface area contributed by atoms with Crippen molar-refractivity contribution in [3.05, 3.63) is 53.5 Å². The number of nitrogens with zero attached hydrogens (tertiary/aromatic N) is 1. The van der Waals surface area contributed by atoms with E-state index < -0.39 is 15.9 Å². The SMILES string of the molecule is Cc1occc1C(=O)NNS(=O)(=O)c1cccc(C#N)c1. The van der Waals surface area contributed by atoms with Gasteiger partial charge in [0.1, 0.15) is 5.76 Å². The summed E-state index contributed by atoms with van der Waals surface area (Å²) < 4.78 is 29.0. The molecule has 2 N–H and O–H groups in total. The standard InChI is InChI=1S/C13H11N3O4S/c1-9-12(5-6-20-9)13(17)15-16-21(18,19)11-4-2-3-10(7-11)8-14/h2-7,16H,1H3,(H,15,17). The molecule has 21 heavy (non-hydrogen) atoms. The number of hydrazine groups is 1. The van der Waals surface area contributed by atoms with Gasteiger partial charge in [0.05, 0.1) is 28.4 Å². The molecule has 0 saturated heterocycles. The first-order chi connectivity index (χ1) is 9.94. The zero-order chi connectivity index (χ0) is 15.5. The number of sulfonamides is 1. The first-order valence-corrected chi connectivity index (χ1v) is 7.29. The third kappa shape index (κ3) is 3.28. The molecule has 1 heterocycles. The summed E-state index contributed by atoms with van der Waals surface area (Å²) in [6.07, 6.45) is 1.33. The molecule has 1 aromatic heterocycles. The number of aryl methyl sites for hydroxylation is 1. The maximum absolute atomic E-state index is 12.0. The van der Waals surface area contributed by atoms with Gasteiger partial charge in [-0.15, -0.1) is 4.83 Å². The molecular weight excluding hydrogens is 294 g/mol. The molecule has 0 spiro atoms. The Bertz CT molecular complexity index is 818. The second-order valence-corrected chi connectivity index (χ2v) is 5.77. The van der Waals surface area contributed by atoms with E-state index in [9.17, 15) is 13.2 Å². The molecular formula is C13H11N3O4S. The lowest BCUT2D eigenvalue weighted by atomic mass is 10.2. The lowest BCUT2D eigenvalue weighted by Gasteiger charge is -2.08. The second-order valence-electron chi connectivity index (χ2n) is 4.09. The van der Waals surface area contributed by atoms with E-state index in [-0.39, 0.29) is 16.0 Å². The minimum atomic E-state index is -3.96. The topological polar surface area (TPSA) is 112 Å². The van der Waals surface area contributed by atoms with Crippen LogP contribution in [0.5, 0.6) is 0 Å². The maximum atomic E-state index is 12.0. The Morgan fingerprint density at radius 1 is 1.33 bits per heavy atom. The summed E-state index contributed by atoms with van der Waals surface area (Å²) in [6, 6.07) is 8.71. The van der Waals surface area contributed by atoms with Crippen molar-refractivity contribution in [2.45, 2.75) is 11.8 Å². The first-order valence-electron chi connectivity index (χ1n) is 5.80. The number of furan rings is 1. The lowest BCUT2D eigenvalue weighted by molar-refractivity contribution is 0.0943. The monoisotopic (exact) mass is 305 g/mol. The predicted octanol–water partition coefficient (Wildman–Crippen LogP) is 1.08. The van der Waals surface area contributed by atoms with Gasteiger partial charge in [-0.2, -0.15) is 5.26 Å². The molecule has 1 aromatic carbocycles.